The van der Waals surface area contributed by atoms with Crippen LogP contribution >= 0.6 is 11.6 Å². The molecule has 0 spiro atoms. The van der Waals surface area contributed by atoms with Gasteiger partial charge in [-0.3, -0.25) is 19.8 Å². The van der Waals surface area contributed by atoms with Crippen LogP contribution in [-0.2, 0) is 30.7 Å². The summed E-state index contributed by atoms with van der Waals surface area (Å²) in [5, 5.41) is 15.6. The average Bonchev–Trinajstić information content (AvgIpc) is 3.12. The van der Waals surface area contributed by atoms with Gasteiger partial charge in [-0.1, -0.05) is 55.3 Å². The number of morpholine rings is 1. The second-order valence-electron chi connectivity index (χ2n) is 13.3. The summed E-state index contributed by atoms with van der Waals surface area (Å²) in [6.07, 6.45) is 1.76. The summed E-state index contributed by atoms with van der Waals surface area (Å²) in [6, 6.07) is 16.7. The van der Waals surface area contributed by atoms with E-state index >= 15 is 0 Å². The van der Waals surface area contributed by atoms with Gasteiger partial charge in [-0.25, -0.2) is 13.1 Å². The molecule has 5 rings (SSSR count). The Balaban J connectivity index is 1.31. The zero-order valence-corrected chi connectivity index (χ0v) is 31.4. The van der Waals surface area contributed by atoms with E-state index in [1.807, 2.05) is 37.3 Å². The standard InChI is InChI=1S/C38H47ClN4O8S/c1-5-6-36-31(27-8-10-28(39)11-9-27)24-30(25(2)3)38(51-36)32-21-26(7-14-35(32)49-4)22-37(44)41-52(47,48)29-12-13-33(34(23-29)43(45)46)40-15-16-42-17-19-50-20-18-42/h7-14,21,23,30-31,36,38,40H,2,5-6,15-20,22,24H2,1,3-4H3,(H,41,44)/t30-,31-,36+,38+/m1/s1. The first-order valence-electron chi connectivity index (χ1n) is 17.5. The molecule has 0 aromatic heterocycles. The monoisotopic (exact) mass is 754 g/mol. The van der Waals surface area contributed by atoms with E-state index in [2.05, 4.69) is 28.4 Å². The number of nitrogens with one attached hydrogen (secondary N) is 2. The van der Waals surface area contributed by atoms with Crippen LogP contribution in [0.15, 0.2) is 77.7 Å². The third-order valence-corrected chi connectivity index (χ3v) is 11.3. The molecular weight excluding hydrogens is 708 g/mol. The second kappa shape index (κ2) is 17.7. The summed E-state index contributed by atoms with van der Waals surface area (Å²) in [5.74, 6) is -0.158. The van der Waals surface area contributed by atoms with Gasteiger partial charge in [-0.05, 0) is 67.3 Å². The van der Waals surface area contributed by atoms with Crippen molar-refractivity contribution in [3.8, 4) is 5.75 Å². The van der Waals surface area contributed by atoms with Gasteiger partial charge in [0.15, 0.2) is 0 Å². The fourth-order valence-corrected chi connectivity index (χ4v) is 8.12. The molecule has 14 heteroatoms. The highest BCUT2D eigenvalue weighted by atomic mass is 35.5. The van der Waals surface area contributed by atoms with Crippen molar-refractivity contribution >= 4 is 38.9 Å². The highest BCUT2D eigenvalue weighted by Crippen LogP contribution is 2.49. The van der Waals surface area contributed by atoms with E-state index in [0.717, 1.165) is 55.1 Å². The minimum atomic E-state index is -4.43. The molecule has 2 heterocycles. The fourth-order valence-electron chi connectivity index (χ4n) is 6.99. The summed E-state index contributed by atoms with van der Waals surface area (Å²) in [6.45, 7) is 12.3. The molecule has 1 amide bonds. The molecule has 12 nitrogen and oxygen atoms in total. The molecular formula is C38H47ClN4O8S. The maximum atomic E-state index is 13.3. The third kappa shape index (κ3) is 9.69. The number of nitro groups is 1. The van der Waals surface area contributed by atoms with Gasteiger partial charge < -0.3 is 19.5 Å². The van der Waals surface area contributed by atoms with Gasteiger partial charge in [0.1, 0.15) is 11.4 Å². The summed E-state index contributed by atoms with van der Waals surface area (Å²) < 4.78 is 46.6. The average molecular weight is 755 g/mol. The molecule has 0 aliphatic carbocycles. The molecule has 0 bridgehead atoms. The summed E-state index contributed by atoms with van der Waals surface area (Å²) >= 11 is 6.19. The smallest absolute Gasteiger partial charge is 0.293 e. The number of anilines is 1. The molecule has 2 aliphatic rings. The Morgan fingerprint density at radius 1 is 1.12 bits per heavy atom. The third-order valence-electron chi connectivity index (χ3n) is 9.68. The first kappa shape index (κ1) is 39.2. The highest BCUT2D eigenvalue weighted by molar-refractivity contribution is 7.90. The second-order valence-corrected chi connectivity index (χ2v) is 15.4. The van der Waals surface area contributed by atoms with Gasteiger partial charge in [0.2, 0.25) is 5.91 Å². The first-order valence-corrected chi connectivity index (χ1v) is 19.4. The summed E-state index contributed by atoms with van der Waals surface area (Å²) in [7, 11) is -2.86. The SMILES string of the molecule is C=C(C)[C@H]1C[C@H](c2ccc(Cl)cc2)[C@H](CCC)O[C@@H]1c1cc(CC(=O)NS(=O)(=O)c2ccc(NCCN3CCOCC3)c([N+](=O)[O-])c2)ccc1OC. The molecule has 4 atom stereocenters. The number of hydrogen-bond acceptors (Lipinski definition) is 10. The number of sulfonamides is 1. The van der Waals surface area contributed by atoms with Crippen LogP contribution in [0.25, 0.3) is 0 Å². The molecule has 0 saturated carbocycles. The Bertz CT molecular complexity index is 1850. The number of methoxy groups -OCH3 is 1. The maximum absolute atomic E-state index is 13.3. The van der Waals surface area contributed by atoms with E-state index in [0.29, 0.717) is 42.6 Å². The molecule has 2 saturated heterocycles. The molecule has 52 heavy (non-hydrogen) atoms. The van der Waals surface area contributed by atoms with Gasteiger partial charge >= 0.3 is 0 Å². The normalized spacial score (nSPS) is 20.9. The maximum Gasteiger partial charge on any atom is 0.293 e. The molecule has 2 aliphatic heterocycles. The minimum absolute atomic E-state index is 0.0697. The Hall–Kier alpha value is -4.01. The fraction of sp³-hybridized carbons (Fsp3) is 0.447. The van der Waals surface area contributed by atoms with Crippen LogP contribution in [0.3, 0.4) is 0 Å². The minimum Gasteiger partial charge on any atom is -0.496 e. The lowest BCUT2D eigenvalue weighted by molar-refractivity contribution is -0.384. The molecule has 0 radical (unpaired) electrons. The van der Waals surface area contributed by atoms with Crippen molar-refractivity contribution in [3.63, 3.8) is 0 Å². The first-order chi connectivity index (χ1) is 24.9. The number of ether oxygens (including phenoxy) is 3. The Kier molecular flexibility index (Phi) is 13.3. The zero-order valence-electron chi connectivity index (χ0n) is 29.8. The van der Waals surface area contributed by atoms with Gasteiger partial charge in [0, 0.05) is 54.7 Å². The number of carbonyl (C=O) groups is 1. The topological polar surface area (TPSA) is 149 Å². The van der Waals surface area contributed by atoms with E-state index in [-0.39, 0.29) is 34.9 Å². The van der Waals surface area contributed by atoms with Gasteiger partial charge in [-0.15, -0.1) is 0 Å². The number of nitro benzene ring substituents is 1. The van der Waals surface area contributed by atoms with Crippen LogP contribution in [0.1, 0.15) is 61.8 Å². The van der Waals surface area contributed by atoms with E-state index in [9.17, 15) is 23.3 Å². The summed E-state index contributed by atoms with van der Waals surface area (Å²) in [4.78, 5) is 26.2. The van der Waals surface area contributed by atoms with Crippen LogP contribution in [0.4, 0.5) is 11.4 Å². The number of carbonyl (C=O) groups excluding carboxylic acids is 1. The van der Waals surface area contributed by atoms with E-state index < -0.39 is 32.6 Å². The number of amides is 1. The van der Waals surface area contributed by atoms with Crippen LogP contribution < -0.4 is 14.8 Å². The van der Waals surface area contributed by atoms with Crippen LogP contribution in [0, 0.1) is 16.0 Å². The predicted octanol–water partition coefficient (Wildman–Crippen LogP) is 6.65. The number of hydrogen-bond donors (Lipinski definition) is 2. The number of nitrogens with zero attached hydrogens (tertiary/aromatic N) is 2. The van der Waals surface area contributed by atoms with Crippen molar-refractivity contribution in [1.82, 2.24) is 9.62 Å². The predicted molar refractivity (Wildman–Crippen MR) is 201 cm³/mol. The van der Waals surface area contributed by atoms with Crippen LogP contribution in [-0.4, -0.2) is 76.8 Å². The van der Waals surface area contributed by atoms with E-state index in [1.54, 1.807) is 19.2 Å². The molecule has 3 aromatic carbocycles. The van der Waals surface area contributed by atoms with Crippen molar-refractivity contribution in [2.24, 2.45) is 5.92 Å². The van der Waals surface area contributed by atoms with E-state index in [4.69, 9.17) is 25.8 Å². The number of rotatable bonds is 15. The largest absolute Gasteiger partial charge is 0.496 e. The summed E-state index contributed by atoms with van der Waals surface area (Å²) in [5.41, 5.74) is 3.16. The molecule has 2 fully saturated rings. The quantitative estimate of drug-likeness (QED) is 0.0981. The molecule has 3 aromatic rings. The zero-order chi connectivity index (χ0) is 37.4. The number of halogens is 1. The lowest BCUT2D eigenvalue weighted by Crippen LogP contribution is -2.39. The van der Waals surface area contributed by atoms with Crippen LogP contribution in [0.2, 0.25) is 5.02 Å². The Morgan fingerprint density at radius 2 is 1.85 bits per heavy atom. The molecule has 0 unspecified atom stereocenters. The molecule has 280 valence electrons. The van der Waals surface area contributed by atoms with Crippen molar-refractivity contribution in [1.29, 1.82) is 0 Å². The van der Waals surface area contributed by atoms with Gasteiger partial charge in [-0.2, -0.15) is 0 Å². The van der Waals surface area contributed by atoms with Crippen molar-refractivity contribution < 1.29 is 32.3 Å². The van der Waals surface area contributed by atoms with Crippen molar-refractivity contribution in [2.45, 2.75) is 62.6 Å². The van der Waals surface area contributed by atoms with Gasteiger partial charge in [0.05, 0.1) is 48.8 Å². The van der Waals surface area contributed by atoms with Crippen LogP contribution in [0.5, 0.6) is 5.75 Å². The lowest BCUT2D eigenvalue weighted by Gasteiger charge is -2.43. The Morgan fingerprint density at radius 3 is 2.50 bits per heavy atom. The molecule has 2 N–H and O–H groups in total. The highest BCUT2D eigenvalue weighted by Gasteiger charge is 2.40. The van der Waals surface area contributed by atoms with Crippen molar-refractivity contribution in [2.75, 3.05) is 51.8 Å². The van der Waals surface area contributed by atoms with Crippen molar-refractivity contribution in [3.05, 3.63) is 105 Å². The van der Waals surface area contributed by atoms with Gasteiger partial charge in [0.25, 0.3) is 15.7 Å². The van der Waals surface area contributed by atoms with E-state index in [1.165, 1.54) is 12.1 Å². The lowest BCUT2D eigenvalue weighted by atomic mass is 9.74. The number of benzene rings is 3. The Labute approximate surface area is 310 Å².